The van der Waals surface area contributed by atoms with E-state index < -0.39 is 0 Å². The van der Waals surface area contributed by atoms with Gasteiger partial charge in [-0.1, -0.05) is 121 Å². The molecule has 1 aromatic carbocycles. The van der Waals surface area contributed by atoms with E-state index in [9.17, 15) is 0 Å². The Morgan fingerprint density at radius 2 is 1.19 bits per heavy atom. The Kier molecular flexibility index (Phi) is 14.9. The van der Waals surface area contributed by atoms with Crippen molar-refractivity contribution < 1.29 is 0 Å². The molecule has 2 nitrogen and oxygen atoms in total. The number of imidazole rings is 1. The van der Waals surface area contributed by atoms with Gasteiger partial charge >= 0.3 is 0 Å². The SMILES string of the molecule is CCCCCCCCCCCc1nc(CCCc2ccccc2)cn1CCCCCCC. The normalized spacial score (nSPS) is 11.3. The Morgan fingerprint density at radius 1 is 0.594 bits per heavy atom. The highest BCUT2D eigenvalue weighted by Gasteiger charge is 2.08. The Morgan fingerprint density at radius 3 is 1.84 bits per heavy atom. The van der Waals surface area contributed by atoms with E-state index in [1.54, 1.807) is 0 Å². The highest BCUT2D eigenvalue weighted by Crippen LogP contribution is 2.15. The van der Waals surface area contributed by atoms with Crippen molar-refractivity contribution in [2.75, 3.05) is 0 Å². The molecule has 1 aromatic heterocycles. The fourth-order valence-electron chi connectivity index (χ4n) is 4.62. The van der Waals surface area contributed by atoms with E-state index in [1.165, 1.54) is 113 Å². The Hall–Kier alpha value is -1.57. The van der Waals surface area contributed by atoms with Crippen molar-refractivity contribution in [3.63, 3.8) is 0 Å². The van der Waals surface area contributed by atoms with Crippen molar-refractivity contribution in [1.82, 2.24) is 9.55 Å². The average Bonchev–Trinajstić information content (AvgIpc) is 3.20. The van der Waals surface area contributed by atoms with Crippen molar-refractivity contribution in [2.24, 2.45) is 0 Å². The highest BCUT2D eigenvalue weighted by atomic mass is 15.1. The van der Waals surface area contributed by atoms with Gasteiger partial charge in [0.25, 0.3) is 0 Å². The van der Waals surface area contributed by atoms with E-state index in [0.717, 1.165) is 25.8 Å². The maximum absolute atomic E-state index is 5.09. The van der Waals surface area contributed by atoms with Gasteiger partial charge in [0.2, 0.25) is 0 Å². The number of hydrogen-bond acceptors (Lipinski definition) is 1. The molecule has 0 saturated heterocycles. The number of benzene rings is 1. The van der Waals surface area contributed by atoms with Crippen LogP contribution in [0.4, 0.5) is 0 Å². The predicted octanol–water partition coefficient (Wildman–Crippen LogP) is 9.10. The fraction of sp³-hybridized carbons (Fsp3) is 0.700. The van der Waals surface area contributed by atoms with Crippen LogP contribution in [0.5, 0.6) is 0 Å². The molecule has 0 amide bonds. The van der Waals surface area contributed by atoms with Crippen molar-refractivity contribution >= 4 is 0 Å². The number of aryl methyl sites for hydroxylation is 4. The third kappa shape index (κ3) is 11.9. The summed E-state index contributed by atoms with van der Waals surface area (Å²) in [6.07, 6.45) is 26.2. The van der Waals surface area contributed by atoms with Crippen LogP contribution in [0.15, 0.2) is 36.5 Å². The third-order valence-corrected chi connectivity index (χ3v) is 6.66. The standard InChI is InChI=1S/C30H50N2/c1-3-5-7-9-10-11-12-13-18-25-30-31-29(24-20-23-28-21-16-15-17-22-28)27-32(30)26-19-14-8-6-4-2/h15-17,21-22,27H,3-14,18-20,23-26H2,1-2H3. The molecule has 0 saturated carbocycles. The minimum Gasteiger partial charge on any atom is -0.335 e. The largest absolute Gasteiger partial charge is 0.335 e. The van der Waals surface area contributed by atoms with Crippen molar-refractivity contribution in [3.05, 3.63) is 53.6 Å². The van der Waals surface area contributed by atoms with Crippen LogP contribution >= 0.6 is 0 Å². The molecule has 180 valence electrons. The molecular weight excluding hydrogens is 388 g/mol. The van der Waals surface area contributed by atoms with Gasteiger partial charge in [-0.05, 0) is 37.7 Å². The van der Waals surface area contributed by atoms with Gasteiger partial charge in [0.15, 0.2) is 0 Å². The van der Waals surface area contributed by atoms with Gasteiger partial charge in [0, 0.05) is 19.2 Å². The van der Waals surface area contributed by atoms with Crippen LogP contribution < -0.4 is 0 Å². The summed E-state index contributed by atoms with van der Waals surface area (Å²) < 4.78 is 2.49. The number of hydrogen-bond donors (Lipinski definition) is 0. The summed E-state index contributed by atoms with van der Waals surface area (Å²) in [5.74, 6) is 1.35. The summed E-state index contributed by atoms with van der Waals surface area (Å²) in [6.45, 7) is 5.74. The van der Waals surface area contributed by atoms with Crippen LogP contribution in [0.1, 0.15) is 127 Å². The second-order valence-corrected chi connectivity index (χ2v) is 9.67. The summed E-state index contributed by atoms with van der Waals surface area (Å²) >= 11 is 0. The molecule has 0 spiro atoms. The van der Waals surface area contributed by atoms with Crippen LogP contribution in [0.25, 0.3) is 0 Å². The van der Waals surface area contributed by atoms with Gasteiger partial charge in [-0.3, -0.25) is 0 Å². The van der Waals surface area contributed by atoms with Crippen LogP contribution in [0, 0.1) is 0 Å². The summed E-state index contributed by atoms with van der Waals surface area (Å²) in [5.41, 5.74) is 2.75. The molecule has 0 aliphatic carbocycles. The lowest BCUT2D eigenvalue weighted by Crippen LogP contribution is -2.03. The molecule has 32 heavy (non-hydrogen) atoms. The molecule has 0 unspecified atom stereocenters. The molecule has 2 rings (SSSR count). The molecule has 0 aliphatic heterocycles. The monoisotopic (exact) mass is 438 g/mol. The summed E-state index contributed by atoms with van der Waals surface area (Å²) in [5, 5.41) is 0. The molecule has 2 aromatic rings. The molecular formula is C30H50N2. The van der Waals surface area contributed by atoms with E-state index in [4.69, 9.17) is 4.98 Å². The molecule has 2 heteroatoms. The van der Waals surface area contributed by atoms with Crippen LogP contribution in [-0.2, 0) is 25.8 Å². The predicted molar refractivity (Wildman–Crippen MR) is 140 cm³/mol. The molecule has 0 fully saturated rings. The average molecular weight is 439 g/mol. The van der Waals surface area contributed by atoms with E-state index in [2.05, 4.69) is 54.9 Å². The molecule has 1 heterocycles. The first-order valence-corrected chi connectivity index (χ1v) is 13.9. The van der Waals surface area contributed by atoms with E-state index >= 15 is 0 Å². The van der Waals surface area contributed by atoms with Gasteiger partial charge in [-0.2, -0.15) is 0 Å². The zero-order chi connectivity index (χ0) is 22.7. The quantitative estimate of drug-likeness (QED) is 0.188. The first-order chi connectivity index (χ1) is 15.8. The third-order valence-electron chi connectivity index (χ3n) is 6.66. The van der Waals surface area contributed by atoms with Crippen molar-refractivity contribution in [2.45, 2.75) is 136 Å². The van der Waals surface area contributed by atoms with E-state index in [0.29, 0.717) is 0 Å². The maximum Gasteiger partial charge on any atom is 0.108 e. The first-order valence-electron chi connectivity index (χ1n) is 13.9. The van der Waals surface area contributed by atoms with Crippen molar-refractivity contribution in [1.29, 1.82) is 0 Å². The zero-order valence-corrected chi connectivity index (χ0v) is 21.3. The van der Waals surface area contributed by atoms with Crippen LogP contribution in [0.2, 0.25) is 0 Å². The molecule has 0 radical (unpaired) electrons. The van der Waals surface area contributed by atoms with E-state index in [-0.39, 0.29) is 0 Å². The molecule has 0 bridgehead atoms. The summed E-state index contributed by atoms with van der Waals surface area (Å²) in [6, 6.07) is 10.9. The highest BCUT2D eigenvalue weighted by molar-refractivity contribution is 5.15. The topological polar surface area (TPSA) is 17.8 Å². The summed E-state index contributed by atoms with van der Waals surface area (Å²) in [7, 11) is 0. The van der Waals surface area contributed by atoms with Gasteiger partial charge < -0.3 is 4.57 Å². The van der Waals surface area contributed by atoms with Gasteiger partial charge in [0.1, 0.15) is 5.82 Å². The van der Waals surface area contributed by atoms with E-state index in [1.807, 2.05) is 0 Å². The molecule has 0 atom stereocenters. The Balaban J connectivity index is 1.74. The fourth-order valence-corrected chi connectivity index (χ4v) is 4.62. The minimum atomic E-state index is 1.10. The van der Waals surface area contributed by atoms with Crippen LogP contribution in [0.3, 0.4) is 0 Å². The number of unbranched alkanes of at least 4 members (excludes halogenated alkanes) is 12. The van der Waals surface area contributed by atoms with Gasteiger partial charge in [0.05, 0.1) is 5.69 Å². The second-order valence-electron chi connectivity index (χ2n) is 9.67. The Bertz CT molecular complexity index is 673. The first kappa shape index (κ1) is 26.7. The number of aromatic nitrogens is 2. The van der Waals surface area contributed by atoms with Crippen LogP contribution in [-0.4, -0.2) is 9.55 Å². The number of nitrogens with zero attached hydrogens (tertiary/aromatic N) is 2. The lowest BCUT2D eigenvalue weighted by atomic mass is 10.1. The lowest BCUT2D eigenvalue weighted by Gasteiger charge is -2.08. The lowest BCUT2D eigenvalue weighted by molar-refractivity contribution is 0.536. The van der Waals surface area contributed by atoms with Gasteiger partial charge in [-0.15, -0.1) is 0 Å². The smallest absolute Gasteiger partial charge is 0.108 e. The minimum absolute atomic E-state index is 1.10. The number of rotatable bonds is 20. The van der Waals surface area contributed by atoms with Crippen molar-refractivity contribution in [3.8, 4) is 0 Å². The maximum atomic E-state index is 5.09. The molecule has 0 N–H and O–H groups in total. The second kappa shape index (κ2) is 17.9. The molecule has 0 aliphatic rings. The zero-order valence-electron chi connectivity index (χ0n) is 21.3. The van der Waals surface area contributed by atoms with Gasteiger partial charge in [-0.25, -0.2) is 4.98 Å². The summed E-state index contributed by atoms with van der Waals surface area (Å²) in [4.78, 5) is 5.09. The Labute approximate surface area is 199 Å².